The van der Waals surface area contributed by atoms with Crippen LogP contribution in [0.1, 0.15) is 48.5 Å². The van der Waals surface area contributed by atoms with Crippen LogP contribution in [0.15, 0.2) is 67.0 Å². The van der Waals surface area contributed by atoms with E-state index >= 15 is 0 Å². The molecule has 0 saturated carbocycles. The minimum absolute atomic E-state index is 0. The van der Waals surface area contributed by atoms with E-state index in [-0.39, 0.29) is 42.6 Å². The van der Waals surface area contributed by atoms with E-state index in [0.29, 0.717) is 36.0 Å². The van der Waals surface area contributed by atoms with Crippen LogP contribution in [0, 0.1) is 0 Å². The summed E-state index contributed by atoms with van der Waals surface area (Å²) in [5.41, 5.74) is 3.32. The number of hydrogen-bond donors (Lipinski definition) is 5. The molecule has 244 valence electrons. The molecule has 2 aliphatic rings. The van der Waals surface area contributed by atoms with Gasteiger partial charge < -0.3 is 30.9 Å². The van der Waals surface area contributed by atoms with Gasteiger partial charge in [-0.25, -0.2) is 4.98 Å². The van der Waals surface area contributed by atoms with Crippen molar-refractivity contribution in [2.75, 3.05) is 30.3 Å². The van der Waals surface area contributed by atoms with Crippen molar-refractivity contribution >= 4 is 47.7 Å². The van der Waals surface area contributed by atoms with Gasteiger partial charge in [-0.1, -0.05) is 60.7 Å². The van der Waals surface area contributed by atoms with Gasteiger partial charge in [-0.15, -0.1) is 35.0 Å². The SMILES string of the molecule is CCn1nnc([C@H]2O[C@@H](n3cnc4c(NCC(c5ccccc5)c5ccccc5)nc(N[C@@H]5CCNC5)nc43)[C@H](O)[C@@H]2O)n1.Cl.Cl. The van der Waals surface area contributed by atoms with Crippen molar-refractivity contribution in [1.82, 2.24) is 45.0 Å². The molecule has 5 N–H and O–H groups in total. The van der Waals surface area contributed by atoms with Gasteiger partial charge in [-0.2, -0.15) is 14.8 Å². The standard InChI is InChI=1S/C30H35N11O3.2ClH/c1-2-41-38-27(37-39-41)25-23(42)24(43)29(44-25)40-17-33-22-26(35-30(36-28(22)40)34-20-13-14-31-15-20)32-16-21(18-9-5-3-6-10-18)19-11-7-4-8-12-19;;/h3-12,17,20-21,23-25,29,31,42-43H,2,13-16H2,1H3,(H2,32,34,35,36);2*1H/t20-,23+,24-,25+,29-;;/m1../s1. The van der Waals surface area contributed by atoms with Gasteiger partial charge in [0.2, 0.25) is 11.8 Å². The van der Waals surface area contributed by atoms with Crippen molar-refractivity contribution in [3.63, 3.8) is 0 Å². The van der Waals surface area contributed by atoms with Gasteiger partial charge in [0.15, 0.2) is 29.3 Å². The van der Waals surface area contributed by atoms with Crippen LogP contribution in [0.3, 0.4) is 0 Å². The van der Waals surface area contributed by atoms with E-state index in [0.717, 1.165) is 19.5 Å². The molecule has 0 aliphatic carbocycles. The van der Waals surface area contributed by atoms with Crippen LogP contribution in [0.25, 0.3) is 11.2 Å². The number of tetrazole rings is 1. The molecular weight excluding hydrogens is 633 g/mol. The van der Waals surface area contributed by atoms with E-state index in [4.69, 9.17) is 14.7 Å². The second-order valence-electron chi connectivity index (χ2n) is 11.1. The molecule has 0 radical (unpaired) electrons. The lowest BCUT2D eigenvalue weighted by atomic mass is 9.91. The normalized spacial score (nSPS) is 22.5. The Morgan fingerprint density at radius 2 is 1.72 bits per heavy atom. The van der Waals surface area contributed by atoms with E-state index in [9.17, 15) is 10.2 Å². The number of nitrogens with zero attached hydrogens (tertiary/aromatic N) is 8. The van der Waals surface area contributed by atoms with Crippen LogP contribution in [0.4, 0.5) is 11.8 Å². The first-order valence-electron chi connectivity index (χ1n) is 14.9. The monoisotopic (exact) mass is 669 g/mol. The summed E-state index contributed by atoms with van der Waals surface area (Å²) in [6.07, 6.45) is -2.02. The smallest absolute Gasteiger partial charge is 0.227 e. The highest BCUT2D eigenvalue weighted by Gasteiger charge is 2.47. The minimum Gasteiger partial charge on any atom is -0.387 e. The average molecular weight is 671 g/mol. The molecule has 16 heteroatoms. The highest BCUT2D eigenvalue weighted by molar-refractivity contribution is 5.86. The van der Waals surface area contributed by atoms with Crippen LogP contribution in [0.2, 0.25) is 0 Å². The van der Waals surface area contributed by atoms with Crippen molar-refractivity contribution in [3.05, 3.63) is 83.9 Å². The number of aryl methyl sites for hydroxylation is 1. The molecule has 2 fully saturated rings. The van der Waals surface area contributed by atoms with Gasteiger partial charge in [0.05, 0.1) is 12.9 Å². The van der Waals surface area contributed by atoms with E-state index < -0.39 is 24.5 Å². The fourth-order valence-corrected chi connectivity index (χ4v) is 5.85. The summed E-state index contributed by atoms with van der Waals surface area (Å²) in [5.74, 6) is 1.24. The largest absolute Gasteiger partial charge is 0.387 e. The number of aliphatic hydroxyl groups is 2. The van der Waals surface area contributed by atoms with Crippen molar-refractivity contribution in [3.8, 4) is 0 Å². The Morgan fingerprint density at radius 1 is 1.00 bits per heavy atom. The Kier molecular flexibility index (Phi) is 10.7. The molecule has 5 heterocycles. The number of ether oxygens (including phenoxy) is 1. The van der Waals surface area contributed by atoms with Crippen LogP contribution < -0.4 is 16.0 Å². The van der Waals surface area contributed by atoms with Gasteiger partial charge in [0, 0.05) is 25.0 Å². The number of anilines is 2. The summed E-state index contributed by atoms with van der Waals surface area (Å²) in [6, 6.07) is 20.9. The van der Waals surface area contributed by atoms with E-state index in [1.807, 2.05) is 43.3 Å². The number of hydrogen-bond acceptors (Lipinski definition) is 12. The second-order valence-corrected chi connectivity index (χ2v) is 11.1. The van der Waals surface area contributed by atoms with Crippen molar-refractivity contribution in [2.45, 2.75) is 56.4 Å². The molecule has 2 aromatic carbocycles. The maximum atomic E-state index is 11.1. The van der Waals surface area contributed by atoms with E-state index in [1.54, 1.807) is 10.9 Å². The lowest BCUT2D eigenvalue weighted by Gasteiger charge is -2.20. The topological polar surface area (TPSA) is 173 Å². The van der Waals surface area contributed by atoms with E-state index in [1.165, 1.54) is 15.9 Å². The van der Waals surface area contributed by atoms with Gasteiger partial charge in [0.1, 0.15) is 12.2 Å². The number of halogens is 2. The third-order valence-electron chi connectivity index (χ3n) is 8.21. The summed E-state index contributed by atoms with van der Waals surface area (Å²) < 4.78 is 7.77. The maximum absolute atomic E-state index is 11.1. The quantitative estimate of drug-likeness (QED) is 0.147. The number of benzene rings is 2. The van der Waals surface area contributed by atoms with Crippen LogP contribution in [-0.4, -0.2) is 87.8 Å². The summed E-state index contributed by atoms with van der Waals surface area (Å²) in [7, 11) is 0. The number of fused-ring (bicyclic) bond motifs is 1. The molecule has 5 aromatic rings. The summed E-state index contributed by atoms with van der Waals surface area (Å²) in [4.78, 5) is 15.7. The van der Waals surface area contributed by atoms with Gasteiger partial charge in [-0.3, -0.25) is 4.57 Å². The zero-order valence-electron chi connectivity index (χ0n) is 25.0. The maximum Gasteiger partial charge on any atom is 0.227 e. The molecule has 46 heavy (non-hydrogen) atoms. The Bertz CT molecular complexity index is 1660. The number of aliphatic hydroxyl groups excluding tert-OH is 2. The van der Waals surface area contributed by atoms with Crippen LogP contribution >= 0.6 is 24.8 Å². The number of imidazole rings is 1. The molecule has 2 saturated heterocycles. The third kappa shape index (κ3) is 6.63. The molecule has 0 spiro atoms. The molecule has 0 bridgehead atoms. The number of aromatic nitrogens is 8. The fraction of sp³-hybridized carbons (Fsp3) is 0.400. The average Bonchev–Trinajstić information content (AvgIpc) is 3.87. The van der Waals surface area contributed by atoms with Gasteiger partial charge in [-0.05, 0) is 36.2 Å². The molecular formula is C30H37Cl2N11O3. The van der Waals surface area contributed by atoms with Crippen LogP contribution in [0.5, 0.6) is 0 Å². The zero-order chi connectivity index (χ0) is 30.0. The van der Waals surface area contributed by atoms with Crippen LogP contribution in [-0.2, 0) is 11.3 Å². The summed E-state index contributed by atoms with van der Waals surface area (Å²) in [6.45, 7) is 4.67. The van der Waals surface area contributed by atoms with Crippen molar-refractivity contribution in [2.24, 2.45) is 0 Å². The first-order chi connectivity index (χ1) is 21.6. The molecule has 2 aliphatic heterocycles. The lowest BCUT2D eigenvalue weighted by Crippen LogP contribution is -2.29. The van der Waals surface area contributed by atoms with Crippen molar-refractivity contribution < 1.29 is 14.9 Å². The lowest BCUT2D eigenvalue weighted by molar-refractivity contribution is -0.0384. The summed E-state index contributed by atoms with van der Waals surface area (Å²) >= 11 is 0. The minimum atomic E-state index is -1.28. The molecule has 7 rings (SSSR count). The molecule has 14 nitrogen and oxygen atoms in total. The highest BCUT2D eigenvalue weighted by Crippen LogP contribution is 2.39. The summed E-state index contributed by atoms with van der Waals surface area (Å²) in [5, 5.41) is 44.6. The van der Waals surface area contributed by atoms with Gasteiger partial charge >= 0.3 is 0 Å². The second kappa shape index (κ2) is 14.7. The Hall–Kier alpha value is -3.92. The fourth-order valence-electron chi connectivity index (χ4n) is 5.85. The molecule has 0 amide bonds. The zero-order valence-corrected chi connectivity index (χ0v) is 26.7. The highest BCUT2D eigenvalue weighted by atomic mass is 35.5. The van der Waals surface area contributed by atoms with Gasteiger partial charge in [0.25, 0.3) is 0 Å². The predicted molar refractivity (Wildman–Crippen MR) is 176 cm³/mol. The molecule has 0 unspecified atom stereocenters. The third-order valence-corrected chi connectivity index (χ3v) is 8.21. The molecule has 5 atom stereocenters. The predicted octanol–water partition coefficient (Wildman–Crippen LogP) is 2.69. The Balaban J connectivity index is 0.00000208. The van der Waals surface area contributed by atoms with E-state index in [2.05, 4.69) is 60.6 Å². The first kappa shape index (κ1) is 33.4. The number of rotatable bonds is 10. The molecule has 3 aromatic heterocycles. The Labute approximate surface area is 277 Å². The first-order valence-corrected chi connectivity index (χ1v) is 14.9. The Morgan fingerprint density at radius 3 is 2.35 bits per heavy atom. The van der Waals surface area contributed by atoms with Crippen molar-refractivity contribution in [1.29, 1.82) is 0 Å². The number of nitrogens with one attached hydrogen (secondary N) is 3.